The first-order valence-electron chi connectivity index (χ1n) is 3.40. The lowest BCUT2D eigenvalue weighted by Crippen LogP contribution is -1.88. The molecule has 1 rings (SSSR count). The van der Waals surface area contributed by atoms with E-state index in [1.165, 1.54) is 6.07 Å². The fourth-order valence-corrected chi connectivity index (χ4v) is 0.512. The molecule has 0 spiro atoms. The first-order valence-corrected chi connectivity index (χ1v) is 3.40. The van der Waals surface area contributed by atoms with Crippen LogP contribution in [-0.2, 0) is 0 Å². The van der Waals surface area contributed by atoms with Crippen molar-refractivity contribution in [1.29, 1.82) is 0 Å². The van der Waals surface area contributed by atoms with Gasteiger partial charge in [0.05, 0.1) is 0 Å². The van der Waals surface area contributed by atoms with E-state index in [0.29, 0.717) is 0 Å². The summed E-state index contributed by atoms with van der Waals surface area (Å²) in [4.78, 5) is 0. The van der Waals surface area contributed by atoms with Gasteiger partial charge < -0.3 is 5.73 Å². The third kappa shape index (κ3) is 2.98. The van der Waals surface area contributed by atoms with E-state index in [0.717, 1.165) is 12.1 Å². The standard InChI is InChI=1S/C6H5F2N.C2H6.H2/c7-5-2-1-4(9)3-6(5)8;1-2;/h1-3H,9H2;1-2H3;1H. The van der Waals surface area contributed by atoms with Crippen LogP contribution in [0.3, 0.4) is 0 Å². The van der Waals surface area contributed by atoms with Gasteiger partial charge in [0, 0.05) is 7.11 Å². The summed E-state index contributed by atoms with van der Waals surface area (Å²) in [6, 6.07) is 3.23. The number of anilines is 1. The van der Waals surface area contributed by atoms with Gasteiger partial charge in [0.25, 0.3) is 0 Å². The lowest BCUT2D eigenvalue weighted by Gasteiger charge is -1.91. The van der Waals surface area contributed by atoms with Crippen LogP contribution >= 0.6 is 0 Å². The molecule has 64 valence electrons. The van der Waals surface area contributed by atoms with E-state index in [9.17, 15) is 8.78 Å². The smallest absolute Gasteiger partial charge is 0.160 e. The highest BCUT2D eigenvalue weighted by Gasteiger charge is 1.97. The first-order chi connectivity index (χ1) is 5.20. The summed E-state index contributed by atoms with van der Waals surface area (Å²) in [6.45, 7) is 4.00. The van der Waals surface area contributed by atoms with Crippen LogP contribution in [0, 0.1) is 11.6 Å². The predicted octanol–water partition coefficient (Wildman–Crippen LogP) is 2.82. The van der Waals surface area contributed by atoms with Crippen molar-refractivity contribution in [3.05, 3.63) is 29.8 Å². The van der Waals surface area contributed by atoms with Gasteiger partial charge in [0.2, 0.25) is 0 Å². The highest BCUT2D eigenvalue weighted by atomic mass is 19.2. The topological polar surface area (TPSA) is 26.0 Å². The Labute approximate surface area is 66.3 Å². The molecule has 3 heteroatoms. The van der Waals surface area contributed by atoms with Crippen molar-refractivity contribution >= 4 is 5.69 Å². The molecule has 0 aliphatic carbocycles. The van der Waals surface area contributed by atoms with E-state index in [4.69, 9.17) is 5.73 Å². The summed E-state index contributed by atoms with van der Waals surface area (Å²) in [5, 5.41) is 0. The van der Waals surface area contributed by atoms with Crippen LogP contribution in [0.1, 0.15) is 15.3 Å². The first kappa shape index (κ1) is 9.88. The molecule has 1 nitrogen and oxygen atoms in total. The molecule has 0 aliphatic rings. The fraction of sp³-hybridized carbons (Fsp3) is 0.250. The van der Waals surface area contributed by atoms with Crippen molar-refractivity contribution in [2.24, 2.45) is 0 Å². The number of hydrogen-bond acceptors (Lipinski definition) is 1. The number of halogens is 2. The molecule has 0 unspecified atom stereocenters. The van der Waals surface area contributed by atoms with Crippen LogP contribution in [0.5, 0.6) is 0 Å². The molecule has 0 bridgehead atoms. The van der Waals surface area contributed by atoms with Crippen LogP contribution in [0.25, 0.3) is 0 Å². The molecule has 0 saturated carbocycles. The molecular weight excluding hydrogens is 148 g/mol. The molecule has 1 aromatic rings. The third-order valence-electron chi connectivity index (χ3n) is 0.944. The molecular formula is C8H13F2N. The maximum atomic E-state index is 12.1. The van der Waals surface area contributed by atoms with E-state index < -0.39 is 11.6 Å². The zero-order chi connectivity index (χ0) is 8.85. The predicted molar refractivity (Wildman–Crippen MR) is 44.2 cm³/mol. The summed E-state index contributed by atoms with van der Waals surface area (Å²) in [7, 11) is 0. The van der Waals surface area contributed by atoms with E-state index in [1.54, 1.807) is 0 Å². The van der Waals surface area contributed by atoms with Crippen molar-refractivity contribution in [3.63, 3.8) is 0 Å². The Balaban J connectivity index is 0. The zero-order valence-electron chi connectivity index (χ0n) is 6.57. The highest BCUT2D eigenvalue weighted by molar-refractivity contribution is 5.37. The molecule has 0 heterocycles. The number of nitrogens with two attached hydrogens (primary N) is 1. The van der Waals surface area contributed by atoms with E-state index >= 15 is 0 Å². The Morgan fingerprint density at radius 3 is 2.09 bits per heavy atom. The average Bonchev–Trinajstić information content (AvgIpc) is 2.02. The van der Waals surface area contributed by atoms with Gasteiger partial charge >= 0.3 is 0 Å². The van der Waals surface area contributed by atoms with Gasteiger partial charge in [-0.3, -0.25) is 0 Å². The SMILES string of the molecule is CC.Nc1ccc(F)c(F)c1.[HH]. The minimum atomic E-state index is -0.907. The Bertz CT molecular complexity index is 228. The molecule has 1 aromatic carbocycles. The maximum Gasteiger partial charge on any atom is 0.160 e. The molecule has 0 atom stereocenters. The van der Waals surface area contributed by atoms with Crippen molar-refractivity contribution in [2.75, 3.05) is 5.73 Å². The molecule has 2 N–H and O–H groups in total. The van der Waals surface area contributed by atoms with Crippen molar-refractivity contribution in [1.82, 2.24) is 0 Å². The average molecular weight is 161 g/mol. The third-order valence-corrected chi connectivity index (χ3v) is 0.944. The quantitative estimate of drug-likeness (QED) is 0.582. The number of rotatable bonds is 0. The highest BCUT2D eigenvalue weighted by Crippen LogP contribution is 2.08. The monoisotopic (exact) mass is 161 g/mol. The molecule has 0 aromatic heterocycles. The second-order valence-corrected chi connectivity index (χ2v) is 1.67. The van der Waals surface area contributed by atoms with Gasteiger partial charge in [-0.1, -0.05) is 13.8 Å². The van der Waals surface area contributed by atoms with Crippen molar-refractivity contribution < 1.29 is 10.2 Å². The van der Waals surface area contributed by atoms with Crippen molar-refractivity contribution in [2.45, 2.75) is 13.8 Å². The second-order valence-electron chi connectivity index (χ2n) is 1.67. The summed E-state index contributed by atoms with van der Waals surface area (Å²) < 4.78 is 24.2. The molecule has 0 radical (unpaired) electrons. The molecule has 0 fully saturated rings. The van der Waals surface area contributed by atoms with Gasteiger partial charge in [-0.05, 0) is 18.2 Å². The van der Waals surface area contributed by atoms with E-state index in [1.807, 2.05) is 13.8 Å². The molecule has 11 heavy (non-hydrogen) atoms. The Hall–Kier alpha value is -1.12. The Morgan fingerprint density at radius 2 is 1.73 bits per heavy atom. The van der Waals surface area contributed by atoms with Crippen molar-refractivity contribution in [3.8, 4) is 0 Å². The van der Waals surface area contributed by atoms with Crippen LogP contribution in [0.2, 0.25) is 0 Å². The minimum Gasteiger partial charge on any atom is -0.399 e. The van der Waals surface area contributed by atoms with Gasteiger partial charge in [-0.25, -0.2) is 8.78 Å². The molecule has 0 amide bonds. The fourth-order valence-electron chi connectivity index (χ4n) is 0.512. The number of benzene rings is 1. The molecule has 0 aliphatic heterocycles. The van der Waals surface area contributed by atoms with Crippen LogP contribution in [0.15, 0.2) is 18.2 Å². The lowest BCUT2D eigenvalue weighted by atomic mass is 10.3. The summed E-state index contributed by atoms with van der Waals surface area (Å²) in [5.74, 6) is -1.78. The summed E-state index contributed by atoms with van der Waals surface area (Å²) in [6.07, 6.45) is 0. The maximum absolute atomic E-state index is 12.1. The lowest BCUT2D eigenvalue weighted by molar-refractivity contribution is 0.509. The number of nitrogen functional groups attached to an aromatic ring is 1. The molecule has 0 saturated heterocycles. The normalized spacial score (nSPS) is 8.36. The van der Waals surface area contributed by atoms with Gasteiger partial charge in [0.1, 0.15) is 0 Å². The second kappa shape index (κ2) is 4.66. The Morgan fingerprint density at radius 1 is 1.18 bits per heavy atom. The van der Waals surface area contributed by atoms with Gasteiger partial charge in [-0.15, -0.1) is 0 Å². The number of hydrogen-bond donors (Lipinski definition) is 1. The van der Waals surface area contributed by atoms with Crippen LogP contribution < -0.4 is 5.73 Å². The zero-order valence-corrected chi connectivity index (χ0v) is 6.57. The van der Waals surface area contributed by atoms with E-state index in [2.05, 4.69) is 0 Å². The largest absolute Gasteiger partial charge is 0.399 e. The minimum absolute atomic E-state index is 0. The summed E-state index contributed by atoms with van der Waals surface area (Å²) >= 11 is 0. The Kier molecular flexibility index (Phi) is 4.18. The summed E-state index contributed by atoms with van der Waals surface area (Å²) in [5.41, 5.74) is 5.35. The van der Waals surface area contributed by atoms with Gasteiger partial charge in [0.15, 0.2) is 11.6 Å². The van der Waals surface area contributed by atoms with Crippen LogP contribution in [0.4, 0.5) is 14.5 Å². The van der Waals surface area contributed by atoms with E-state index in [-0.39, 0.29) is 7.11 Å². The van der Waals surface area contributed by atoms with Gasteiger partial charge in [-0.2, -0.15) is 0 Å². The van der Waals surface area contributed by atoms with Crippen LogP contribution in [-0.4, -0.2) is 0 Å².